The summed E-state index contributed by atoms with van der Waals surface area (Å²) in [7, 11) is 0. The molecular formula is C15H21ClFNO. The molecule has 2 unspecified atom stereocenters. The van der Waals surface area contributed by atoms with Crippen LogP contribution in [0.3, 0.4) is 0 Å². The Morgan fingerprint density at radius 1 is 1.53 bits per heavy atom. The van der Waals surface area contributed by atoms with E-state index in [1.54, 1.807) is 6.07 Å². The lowest BCUT2D eigenvalue weighted by atomic mass is 9.89. The molecule has 2 rings (SSSR count). The monoisotopic (exact) mass is 285 g/mol. The first-order chi connectivity index (χ1) is 9.20. The van der Waals surface area contributed by atoms with Gasteiger partial charge in [-0.2, -0.15) is 0 Å². The van der Waals surface area contributed by atoms with Gasteiger partial charge in [-0.25, -0.2) is 4.39 Å². The molecule has 2 atom stereocenters. The van der Waals surface area contributed by atoms with Crippen LogP contribution in [0.5, 0.6) is 0 Å². The van der Waals surface area contributed by atoms with E-state index in [9.17, 15) is 4.39 Å². The van der Waals surface area contributed by atoms with Gasteiger partial charge in [0, 0.05) is 12.6 Å². The summed E-state index contributed by atoms with van der Waals surface area (Å²) in [5.41, 5.74) is 0.985. The van der Waals surface area contributed by atoms with Gasteiger partial charge < -0.3 is 10.1 Å². The maximum Gasteiger partial charge on any atom is 0.142 e. The summed E-state index contributed by atoms with van der Waals surface area (Å²) in [6.45, 7) is 4.68. The molecule has 1 aromatic carbocycles. The third-order valence-electron chi connectivity index (χ3n) is 3.67. The van der Waals surface area contributed by atoms with Crippen LogP contribution in [0.2, 0.25) is 5.02 Å². The van der Waals surface area contributed by atoms with Crippen LogP contribution in [0.15, 0.2) is 18.2 Å². The molecule has 1 aromatic rings. The fourth-order valence-corrected chi connectivity index (χ4v) is 2.79. The second-order valence-electron chi connectivity index (χ2n) is 5.09. The van der Waals surface area contributed by atoms with E-state index in [1.165, 1.54) is 12.5 Å². The summed E-state index contributed by atoms with van der Waals surface area (Å²) >= 11 is 5.72. The number of hydrogen-bond acceptors (Lipinski definition) is 2. The molecule has 1 aliphatic rings. The van der Waals surface area contributed by atoms with Crippen molar-refractivity contribution in [1.29, 1.82) is 0 Å². The highest BCUT2D eigenvalue weighted by Gasteiger charge is 2.23. The molecule has 106 valence electrons. The van der Waals surface area contributed by atoms with Gasteiger partial charge in [0.15, 0.2) is 0 Å². The van der Waals surface area contributed by atoms with Gasteiger partial charge in [-0.15, -0.1) is 0 Å². The minimum Gasteiger partial charge on any atom is -0.381 e. The second-order valence-corrected chi connectivity index (χ2v) is 5.50. The minimum atomic E-state index is -0.339. The Bertz CT molecular complexity index is 407. The number of ether oxygens (including phenoxy) is 1. The Morgan fingerprint density at radius 3 is 3.00 bits per heavy atom. The molecule has 4 heteroatoms. The molecule has 1 heterocycles. The molecule has 1 fully saturated rings. The molecule has 0 radical (unpaired) electrons. The van der Waals surface area contributed by atoms with Gasteiger partial charge in [-0.1, -0.05) is 24.6 Å². The van der Waals surface area contributed by atoms with Crippen LogP contribution in [0.1, 0.15) is 25.3 Å². The lowest BCUT2D eigenvalue weighted by Crippen LogP contribution is -2.41. The first kappa shape index (κ1) is 14.8. The van der Waals surface area contributed by atoms with Gasteiger partial charge in [-0.05, 0) is 49.4 Å². The second kappa shape index (κ2) is 7.22. The highest BCUT2D eigenvalue weighted by molar-refractivity contribution is 6.30. The molecule has 1 aliphatic heterocycles. The smallest absolute Gasteiger partial charge is 0.142 e. The van der Waals surface area contributed by atoms with Crippen LogP contribution >= 0.6 is 11.6 Å². The summed E-state index contributed by atoms with van der Waals surface area (Å²) < 4.78 is 19.0. The lowest BCUT2D eigenvalue weighted by molar-refractivity contribution is 0.0396. The van der Waals surface area contributed by atoms with E-state index in [-0.39, 0.29) is 10.8 Å². The Morgan fingerprint density at radius 2 is 2.37 bits per heavy atom. The maximum atomic E-state index is 13.5. The van der Waals surface area contributed by atoms with E-state index in [0.29, 0.717) is 12.0 Å². The van der Waals surface area contributed by atoms with E-state index >= 15 is 0 Å². The minimum absolute atomic E-state index is 0.185. The third kappa shape index (κ3) is 4.16. The molecule has 0 aliphatic carbocycles. The highest BCUT2D eigenvalue weighted by atomic mass is 35.5. The normalized spacial score (nSPS) is 21.3. The summed E-state index contributed by atoms with van der Waals surface area (Å²) in [6, 6.07) is 5.41. The summed E-state index contributed by atoms with van der Waals surface area (Å²) in [5.74, 6) is 0.168. The molecule has 0 aromatic heterocycles. The van der Waals surface area contributed by atoms with E-state index < -0.39 is 0 Å². The van der Waals surface area contributed by atoms with Crippen LogP contribution in [0.4, 0.5) is 4.39 Å². The lowest BCUT2D eigenvalue weighted by Gasteiger charge is -2.31. The van der Waals surface area contributed by atoms with Crippen molar-refractivity contribution in [3.63, 3.8) is 0 Å². The Hall–Kier alpha value is -0.640. The van der Waals surface area contributed by atoms with Gasteiger partial charge in [-0.3, -0.25) is 0 Å². The molecule has 1 saturated heterocycles. The van der Waals surface area contributed by atoms with Crippen molar-refractivity contribution in [3.8, 4) is 0 Å². The van der Waals surface area contributed by atoms with E-state index in [2.05, 4.69) is 12.2 Å². The van der Waals surface area contributed by atoms with E-state index in [1.807, 2.05) is 6.07 Å². The topological polar surface area (TPSA) is 21.3 Å². The predicted octanol–water partition coefficient (Wildman–Crippen LogP) is 3.43. The van der Waals surface area contributed by atoms with Crippen molar-refractivity contribution in [2.24, 2.45) is 5.92 Å². The van der Waals surface area contributed by atoms with Crippen LogP contribution in [0.25, 0.3) is 0 Å². The number of likely N-dealkylation sites (N-methyl/N-ethyl adjacent to an activating group) is 1. The highest BCUT2D eigenvalue weighted by Crippen LogP contribution is 2.22. The number of rotatable bonds is 5. The molecule has 0 spiro atoms. The van der Waals surface area contributed by atoms with E-state index in [0.717, 1.165) is 38.2 Å². The number of benzene rings is 1. The zero-order chi connectivity index (χ0) is 13.7. The van der Waals surface area contributed by atoms with Crippen LogP contribution in [-0.2, 0) is 11.2 Å². The number of nitrogens with one attached hydrogen (secondary N) is 1. The van der Waals surface area contributed by atoms with Crippen molar-refractivity contribution in [2.45, 2.75) is 32.2 Å². The first-order valence-corrected chi connectivity index (χ1v) is 7.33. The van der Waals surface area contributed by atoms with Gasteiger partial charge in [0.2, 0.25) is 0 Å². The van der Waals surface area contributed by atoms with Crippen molar-refractivity contribution in [2.75, 3.05) is 19.8 Å². The molecule has 19 heavy (non-hydrogen) atoms. The molecule has 2 nitrogen and oxygen atoms in total. The Balaban J connectivity index is 2.04. The fourth-order valence-electron chi connectivity index (χ4n) is 2.67. The molecule has 0 bridgehead atoms. The number of hydrogen-bond donors (Lipinski definition) is 1. The van der Waals surface area contributed by atoms with Crippen molar-refractivity contribution < 1.29 is 9.13 Å². The average molecular weight is 286 g/mol. The van der Waals surface area contributed by atoms with Crippen molar-refractivity contribution in [3.05, 3.63) is 34.6 Å². The average Bonchev–Trinajstić information content (AvgIpc) is 2.43. The van der Waals surface area contributed by atoms with E-state index in [4.69, 9.17) is 16.3 Å². The fraction of sp³-hybridized carbons (Fsp3) is 0.600. The summed E-state index contributed by atoms with van der Waals surface area (Å²) in [6.07, 6.45) is 3.10. The summed E-state index contributed by atoms with van der Waals surface area (Å²) in [4.78, 5) is 0. The standard InChI is InChI=1S/C15H21ClFNO/c1-2-18-15(12-4-3-7-19-10-12)9-11-5-6-13(16)14(17)8-11/h5-6,8,12,15,18H,2-4,7,9-10H2,1H3. The predicted molar refractivity (Wildman–Crippen MR) is 76.1 cm³/mol. The largest absolute Gasteiger partial charge is 0.381 e. The zero-order valence-corrected chi connectivity index (χ0v) is 12.0. The quantitative estimate of drug-likeness (QED) is 0.895. The molecule has 0 saturated carbocycles. The third-order valence-corrected chi connectivity index (χ3v) is 3.98. The first-order valence-electron chi connectivity index (χ1n) is 6.95. The van der Waals surface area contributed by atoms with Gasteiger partial charge in [0.25, 0.3) is 0 Å². The SMILES string of the molecule is CCNC(Cc1ccc(Cl)c(F)c1)C1CCCOC1. The number of halogens is 2. The molecular weight excluding hydrogens is 265 g/mol. The molecule has 0 amide bonds. The van der Waals surface area contributed by atoms with Crippen molar-refractivity contribution >= 4 is 11.6 Å². The maximum absolute atomic E-state index is 13.5. The zero-order valence-electron chi connectivity index (χ0n) is 11.3. The van der Waals surface area contributed by atoms with Crippen LogP contribution < -0.4 is 5.32 Å². The van der Waals surface area contributed by atoms with Crippen molar-refractivity contribution in [1.82, 2.24) is 5.32 Å². The Kier molecular flexibility index (Phi) is 5.61. The van der Waals surface area contributed by atoms with Crippen LogP contribution in [0, 0.1) is 11.7 Å². The van der Waals surface area contributed by atoms with Gasteiger partial charge >= 0.3 is 0 Å². The molecule has 1 N–H and O–H groups in total. The van der Waals surface area contributed by atoms with Crippen LogP contribution in [-0.4, -0.2) is 25.8 Å². The van der Waals surface area contributed by atoms with Gasteiger partial charge in [0.1, 0.15) is 5.82 Å². The Labute approximate surface area is 119 Å². The van der Waals surface area contributed by atoms with Gasteiger partial charge in [0.05, 0.1) is 11.6 Å². The summed E-state index contributed by atoms with van der Waals surface area (Å²) in [5, 5.41) is 3.68.